The van der Waals surface area contributed by atoms with E-state index in [1.54, 1.807) is 0 Å². The third-order valence-corrected chi connectivity index (χ3v) is 11.5. The van der Waals surface area contributed by atoms with Crippen LogP contribution in [0, 0.1) is 29.3 Å². The standard InChI is InChI=1S/C34H28ClF3N2O5S/c35-27-13-11-23(33(41)40-25-15-28(36)31(38)29(37)16-25)14-30(27)46(43,44)32-24-10-12-26(32)34(42,17-24)19-39-45-18-20-6-8-22(9-7-20)21-4-2-1-3-5-21/h1-9,11,13-16,19,24,26,32,42H,10,12,17-18H2,(H,40,41)/b39-19+/t24?,26?,32-,34+/m1/s1. The van der Waals surface area contributed by atoms with Crippen LogP contribution in [0.25, 0.3) is 11.1 Å². The number of anilines is 1. The second-order valence-electron chi connectivity index (χ2n) is 11.6. The predicted molar refractivity (Wildman–Crippen MR) is 168 cm³/mol. The Labute approximate surface area is 268 Å². The zero-order valence-electron chi connectivity index (χ0n) is 24.2. The van der Waals surface area contributed by atoms with Crippen LogP contribution in [0.1, 0.15) is 35.2 Å². The lowest BCUT2D eigenvalue weighted by Crippen LogP contribution is -2.40. The lowest BCUT2D eigenvalue weighted by atomic mass is 9.85. The van der Waals surface area contributed by atoms with Crippen molar-refractivity contribution in [2.45, 2.75) is 41.6 Å². The van der Waals surface area contributed by atoms with Crippen molar-refractivity contribution in [2.75, 3.05) is 5.32 Å². The number of aliphatic hydroxyl groups is 1. The average Bonchev–Trinajstić information content (AvgIpc) is 3.59. The van der Waals surface area contributed by atoms with Crippen molar-refractivity contribution < 1.29 is 36.3 Å². The zero-order valence-corrected chi connectivity index (χ0v) is 25.7. The molecule has 7 nitrogen and oxygen atoms in total. The Bertz CT molecular complexity index is 1900. The van der Waals surface area contributed by atoms with E-state index in [1.807, 2.05) is 54.6 Å². The molecule has 2 unspecified atom stereocenters. The zero-order chi connectivity index (χ0) is 32.6. The van der Waals surface area contributed by atoms with Crippen LogP contribution in [0.2, 0.25) is 5.02 Å². The van der Waals surface area contributed by atoms with Gasteiger partial charge in [-0.2, -0.15) is 0 Å². The molecule has 0 saturated heterocycles. The highest BCUT2D eigenvalue weighted by Crippen LogP contribution is 2.54. The van der Waals surface area contributed by atoms with E-state index in [0.717, 1.165) is 22.8 Å². The molecular formula is C34H28ClF3N2O5S. The number of hydrogen-bond donors (Lipinski definition) is 2. The molecule has 12 heteroatoms. The van der Waals surface area contributed by atoms with Gasteiger partial charge in [0.05, 0.1) is 21.4 Å². The molecule has 0 radical (unpaired) electrons. The van der Waals surface area contributed by atoms with Crippen LogP contribution < -0.4 is 5.32 Å². The van der Waals surface area contributed by atoms with Crippen molar-refractivity contribution in [2.24, 2.45) is 17.0 Å². The number of hydrogen-bond acceptors (Lipinski definition) is 6. The Morgan fingerprint density at radius 1 is 0.978 bits per heavy atom. The largest absolute Gasteiger partial charge is 0.391 e. The van der Waals surface area contributed by atoms with Gasteiger partial charge in [0.25, 0.3) is 5.91 Å². The molecule has 2 aliphatic rings. The number of halogens is 4. The first kappa shape index (κ1) is 31.8. The molecule has 2 bridgehead atoms. The number of carbonyl (C=O) groups excluding carboxylic acids is 1. The van der Waals surface area contributed by atoms with Crippen molar-refractivity contribution >= 4 is 39.2 Å². The topological polar surface area (TPSA) is 105 Å². The fourth-order valence-electron chi connectivity index (χ4n) is 6.50. The van der Waals surface area contributed by atoms with Crippen LogP contribution in [-0.4, -0.2) is 36.5 Å². The summed E-state index contributed by atoms with van der Waals surface area (Å²) in [5.41, 5.74) is 0.971. The van der Waals surface area contributed by atoms with E-state index < -0.39 is 55.9 Å². The van der Waals surface area contributed by atoms with Gasteiger partial charge in [-0.3, -0.25) is 4.79 Å². The quantitative estimate of drug-likeness (QED) is 0.112. The van der Waals surface area contributed by atoms with E-state index in [0.29, 0.717) is 25.0 Å². The highest BCUT2D eigenvalue weighted by molar-refractivity contribution is 7.92. The van der Waals surface area contributed by atoms with Gasteiger partial charge in [0.15, 0.2) is 27.3 Å². The second-order valence-corrected chi connectivity index (χ2v) is 14.1. The predicted octanol–water partition coefficient (Wildman–Crippen LogP) is 7.18. The van der Waals surface area contributed by atoms with Gasteiger partial charge in [-0.1, -0.05) is 71.4 Å². The molecule has 0 spiro atoms. The molecule has 1 amide bonds. The van der Waals surface area contributed by atoms with Crippen LogP contribution in [0.15, 0.2) is 95.0 Å². The van der Waals surface area contributed by atoms with Gasteiger partial charge >= 0.3 is 0 Å². The maximum absolute atomic E-state index is 14.0. The summed E-state index contributed by atoms with van der Waals surface area (Å²) in [6, 6.07) is 22.5. The smallest absolute Gasteiger partial charge is 0.255 e. The molecular weight excluding hydrogens is 641 g/mol. The lowest BCUT2D eigenvalue weighted by Gasteiger charge is -2.28. The molecule has 0 heterocycles. The molecule has 4 atom stereocenters. The number of nitrogens with zero attached hydrogens (tertiary/aromatic N) is 1. The number of benzene rings is 4. The molecule has 4 aromatic carbocycles. The SMILES string of the molecule is O=C(Nc1cc(F)c(F)c(F)c1)c1ccc(Cl)c(S(=O)(=O)[C@@H]2C3CCC2[C@@](O)(/C=N/OCc2ccc(-c4ccccc4)cc2)C3)c1. The van der Waals surface area contributed by atoms with E-state index in [-0.39, 0.29) is 34.2 Å². The Kier molecular flexibility index (Phi) is 8.66. The van der Waals surface area contributed by atoms with E-state index >= 15 is 0 Å². The van der Waals surface area contributed by atoms with Crippen LogP contribution in [0.3, 0.4) is 0 Å². The van der Waals surface area contributed by atoms with E-state index in [9.17, 15) is 31.5 Å². The summed E-state index contributed by atoms with van der Waals surface area (Å²) in [4.78, 5) is 18.0. The summed E-state index contributed by atoms with van der Waals surface area (Å²) >= 11 is 6.31. The van der Waals surface area contributed by atoms with Crippen molar-refractivity contribution in [1.29, 1.82) is 0 Å². The van der Waals surface area contributed by atoms with Crippen molar-refractivity contribution in [3.63, 3.8) is 0 Å². The van der Waals surface area contributed by atoms with Crippen molar-refractivity contribution in [1.82, 2.24) is 0 Å². The summed E-state index contributed by atoms with van der Waals surface area (Å²) < 4.78 is 68.5. The average molecular weight is 669 g/mol. The Hall–Kier alpha value is -4.19. The minimum atomic E-state index is -4.17. The van der Waals surface area contributed by atoms with Gasteiger partial charge in [-0.05, 0) is 60.1 Å². The van der Waals surface area contributed by atoms with Crippen molar-refractivity contribution in [3.05, 3.63) is 119 Å². The monoisotopic (exact) mass is 668 g/mol. The molecule has 238 valence electrons. The number of amides is 1. The molecule has 0 aromatic heterocycles. The maximum atomic E-state index is 14.0. The number of rotatable bonds is 9. The fraction of sp³-hybridized carbons (Fsp3) is 0.235. The summed E-state index contributed by atoms with van der Waals surface area (Å²) in [5, 5.41) is 16.6. The summed E-state index contributed by atoms with van der Waals surface area (Å²) in [6.45, 7) is 0.152. The van der Waals surface area contributed by atoms with Crippen molar-refractivity contribution in [3.8, 4) is 11.1 Å². The molecule has 2 N–H and O–H groups in total. The van der Waals surface area contributed by atoms with Crippen LogP contribution in [0.5, 0.6) is 0 Å². The Morgan fingerprint density at radius 2 is 1.65 bits per heavy atom. The molecule has 4 aromatic rings. The van der Waals surface area contributed by atoms with Crippen LogP contribution in [0.4, 0.5) is 18.9 Å². The third-order valence-electron chi connectivity index (χ3n) is 8.68. The first-order chi connectivity index (χ1) is 22.0. The minimum absolute atomic E-state index is 0.124. The van der Waals surface area contributed by atoms with E-state index in [1.165, 1.54) is 18.3 Å². The van der Waals surface area contributed by atoms with E-state index in [4.69, 9.17) is 16.4 Å². The van der Waals surface area contributed by atoms with Gasteiger partial charge in [-0.15, -0.1) is 0 Å². The Balaban J connectivity index is 1.14. The maximum Gasteiger partial charge on any atom is 0.255 e. The first-order valence-corrected chi connectivity index (χ1v) is 16.4. The number of fused-ring (bicyclic) bond motifs is 2. The highest BCUT2D eigenvalue weighted by Gasteiger charge is 2.61. The highest BCUT2D eigenvalue weighted by atomic mass is 35.5. The minimum Gasteiger partial charge on any atom is -0.391 e. The summed E-state index contributed by atoms with van der Waals surface area (Å²) in [7, 11) is -4.17. The van der Waals surface area contributed by atoms with Gasteiger partial charge in [-0.25, -0.2) is 21.6 Å². The number of sulfone groups is 1. The molecule has 2 saturated carbocycles. The van der Waals surface area contributed by atoms with Gasteiger partial charge in [0, 0.05) is 29.3 Å². The second kappa shape index (κ2) is 12.5. The first-order valence-electron chi connectivity index (χ1n) is 14.5. The number of nitrogens with one attached hydrogen (secondary N) is 1. The number of carbonyl (C=O) groups is 1. The molecule has 0 aliphatic heterocycles. The summed E-state index contributed by atoms with van der Waals surface area (Å²) in [5.74, 6) is -6.65. The van der Waals surface area contributed by atoms with Gasteiger partial charge in [0.2, 0.25) is 0 Å². The molecule has 6 rings (SSSR count). The fourth-order valence-corrected chi connectivity index (χ4v) is 9.41. The van der Waals surface area contributed by atoms with Crippen LogP contribution in [-0.2, 0) is 21.3 Å². The molecule has 46 heavy (non-hydrogen) atoms. The summed E-state index contributed by atoms with van der Waals surface area (Å²) in [6.07, 6.45) is 2.42. The molecule has 2 fully saturated rings. The molecule has 2 aliphatic carbocycles. The van der Waals surface area contributed by atoms with Gasteiger partial charge in [0.1, 0.15) is 12.2 Å². The third kappa shape index (κ3) is 6.14. The Morgan fingerprint density at radius 3 is 2.35 bits per heavy atom. The van der Waals surface area contributed by atoms with E-state index in [2.05, 4.69) is 10.5 Å². The normalized spacial score (nSPS) is 22.3. The lowest BCUT2D eigenvalue weighted by molar-refractivity contribution is 0.0506. The van der Waals surface area contributed by atoms with Gasteiger partial charge < -0.3 is 15.3 Å². The van der Waals surface area contributed by atoms with Crippen LogP contribution >= 0.6 is 11.6 Å². The number of oxime groups is 1.